The molecule has 0 spiro atoms. The topological polar surface area (TPSA) is 38.9 Å². The number of nitrogens with zero attached hydrogens (tertiary/aromatic N) is 1. The van der Waals surface area contributed by atoms with E-state index in [9.17, 15) is 0 Å². The summed E-state index contributed by atoms with van der Waals surface area (Å²) in [6, 6.07) is 17.4. The van der Waals surface area contributed by atoms with E-state index in [0.29, 0.717) is 16.6 Å². The van der Waals surface area contributed by atoms with Crippen molar-refractivity contribution >= 4 is 23.2 Å². The molecule has 0 saturated carbocycles. The molecule has 3 aromatic rings. The van der Waals surface area contributed by atoms with Gasteiger partial charge in [0.25, 0.3) is 0 Å². The zero-order chi connectivity index (χ0) is 15.5. The molecular formula is C18H14Cl2N2. The molecule has 0 aliphatic rings. The summed E-state index contributed by atoms with van der Waals surface area (Å²) >= 11 is 12.3. The van der Waals surface area contributed by atoms with Gasteiger partial charge in [0, 0.05) is 39.5 Å². The second-order valence-electron chi connectivity index (χ2n) is 4.93. The monoisotopic (exact) mass is 328 g/mol. The fourth-order valence-electron chi connectivity index (χ4n) is 2.34. The Morgan fingerprint density at radius 3 is 2.32 bits per heavy atom. The molecule has 3 rings (SSSR count). The number of aromatic nitrogens is 1. The Hall–Kier alpha value is -1.87. The molecule has 0 saturated heterocycles. The van der Waals surface area contributed by atoms with E-state index in [2.05, 4.69) is 4.98 Å². The van der Waals surface area contributed by atoms with Crippen LogP contribution in [0.15, 0.2) is 60.8 Å². The van der Waals surface area contributed by atoms with Gasteiger partial charge in [0.15, 0.2) is 0 Å². The summed E-state index contributed by atoms with van der Waals surface area (Å²) in [5.41, 5.74) is 10.5. The fourth-order valence-corrected chi connectivity index (χ4v) is 2.71. The molecule has 2 aromatic carbocycles. The number of pyridine rings is 1. The van der Waals surface area contributed by atoms with Crippen LogP contribution in [0.25, 0.3) is 22.4 Å². The molecule has 4 heteroatoms. The molecule has 0 aliphatic carbocycles. The van der Waals surface area contributed by atoms with Crippen LogP contribution in [0.4, 0.5) is 0 Å². The smallest absolute Gasteiger partial charge is 0.0781 e. The zero-order valence-electron chi connectivity index (χ0n) is 11.8. The van der Waals surface area contributed by atoms with Crippen LogP contribution in [-0.4, -0.2) is 4.98 Å². The van der Waals surface area contributed by atoms with Gasteiger partial charge in [-0.1, -0.05) is 53.5 Å². The molecule has 2 N–H and O–H groups in total. The van der Waals surface area contributed by atoms with Gasteiger partial charge in [-0.25, -0.2) is 0 Å². The predicted octanol–water partition coefficient (Wildman–Crippen LogP) is 5.18. The largest absolute Gasteiger partial charge is 0.326 e. The molecule has 0 amide bonds. The van der Waals surface area contributed by atoms with Gasteiger partial charge < -0.3 is 5.73 Å². The highest BCUT2D eigenvalue weighted by Gasteiger charge is 2.12. The van der Waals surface area contributed by atoms with Crippen molar-refractivity contribution in [1.82, 2.24) is 4.98 Å². The van der Waals surface area contributed by atoms with Gasteiger partial charge in [0.05, 0.1) is 5.69 Å². The highest BCUT2D eigenvalue weighted by molar-refractivity contribution is 6.33. The molecule has 0 fully saturated rings. The van der Waals surface area contributed by atoms with E-state index in [-0.39, 0.29) is 0 Å². The summed E-state index contributed by atoms with van der Waals surface area (Å²) in [5, 5.41) is 1.38. The Balaban J connectivity index is 2.22. The Bertz CT molecular complexity index is 798. The third kappa shape index (κ3) is 3.00. The molecule has 2 nitrogen and oxygen atoms in total. The van der Waals surface area contributed by atoms with Gasteiger partial charge >= 0.3 is 0 Å². The molecule has 0 aliphatic heterocycles. The lowest BCUT2D eigenvalue weighted by molar-refractivity contribution is 1.05. The van der Waals surface area contributed by atoms with E-state index in [1.54, 1.807) is 6.20 Å². The van der Waals surface area contributed by atoms with Crippen molar-refractivity contribution in [2.75, 3.05) is 0 Å². The molecule has 0 radical (unpaired) electrons. The minimum Gasteiger partial charge on any atom is -0.326 e. The standard InChI is InChI=1S/C18H14Cl2N2/c19-14-7-5-13(6-8-14)18-16(9-12(10-21)11-22-18)15-3-1-2-4-17(15)20/h1-9,11H,10,21H2. The third-order valence-electron chi connectivity index (χ3n) is 3.46. The van der Waals surface area contributed by atoms with Crippen LogP contribution in [-0.2, 0) is 6.54 Å². The maximum Gasteiger partial charge on any atom is 0.0781 e. The van der Waals surface area contributed by atoms with E-state index in [1.165, 1.54) is 0 Å². The summed E-state index contributed by atoms with van der Waals surface area (Å²) in [6.45, 7) is 0.436. The summed E-state index contributed by atoms with van der Waals surface area (Å²) in [6.07, 6.45) is 1.80. The van der Waals surface area contributed by atoms with Crippen molar-refractivity contribution in [3.63, 3.8) is 0 Å². The van der Waals surface area contributed by atoms with Crippen molar-refractivity contribution in [3.8, 4) is 22.4 Å². The Kier molecular flexibility index (Phi) is 4.44. The van der Waals surface area contributed by atoms with Crippen molar-refractivity contribution in [2.24, 2.45) is 5.73 Å². The van der Waals surface area contributed by atoms with Crippen LogP contribution in [0.2, 0.25) is 10.0 Å². The van der Waals surface area contributed by atoms with Gasteiger partial charge in [0.1, 0.15) is 0 Å². The summed E-state index contributed by atoms with van der Waals surface area (Å²) in [5.74, 6) is 0. The average Bonchev–Trinajstić information content (AvgIpc) is 2.56. The van der Waals surface area contributed by atoms with E-state index < -0.39 is 0 Å². The van der Waals surface area contributed by atoms with Crippen molar-refractivity contribution < 1.29 is 0 Å². The normalized spacial score (nSPS) is 10.7. The van der Waals surface area contributed by atoms with Crippen LogP contribution >= 0.6 is 23.2 Å². The maximum absolute atomic E-state index is 6.36. The van der Waals surface area contributed by atoms with Crippen molar-refractivity contribution in [1.29, 1.82) is 0 Å². The third-order valence-corrected chi connectivity index (χ3v) is 4.04. The highest BCUT2D eigenvalue weighted by Crippen LogP contribution is 2.35. The summed E-state index contributed by atoms with van der Waals surface area (Å²) in [7, 11) is 0. The molecule has 110 valence electrons. The Morgan fingerprint density at radius 1 is 0.909 bits per heavy atom. The van der Waals surface area contributed by atoms with E-state index >= 15 is 0 Å². The lowest BCUT2D eigenvalue weighted by Crippen LogP contribution is -1.99. The first-order chi connectivity index (χ1) is 10.7. The molecular weight excluding hydrogens is 315 g/mol. The summed E-state index contributed by atoms with van der Waals surface area (Å²) < 4.78 is 0. The van der Waals surface area contributed by atoms with Crippen LogP contribution < -0.4 is 5.73 Å². The number of benzene rings is 2. The highest BCUT2D eigenvalue weighted by atomic mass is 35.5. The van der Waals surface area contributed by atoms with E-state index in [0.717, 1.165) is 27.9 Å². The molecule has 0 atom stereocenters. The number of halogens is 2. The van der Waals surface area contributed by atoms with Gasteiger partial charge in [-0.2, -0.15) is 0 Å². The van der Waals surface area contributed by atoms with Gasteiger partial charge in [-0.3, -0.25) is 4.98 Å². The maximum atomic E-state index is 6.36. The minimum atomic E-state index is 0.436. The molecule has 22 heavy (non-hydrogen) atoms. The quantitative estimate of drug-likeness (QED) is 0.719. The minimum absolute atomic E-state index is 0.436. The number of nitrogens with two attached hydrogens (primary N) is 1. The van der Waals surface area contributed by atoms with E-state index in [4.69, 9.17) is 28.9 Å². The molecule has 1 heterocycles. The first-order valence-electron chi connectivity index (χ1n) is 6.89. The fraction of sp³-hybridized carbons (Fsp3) is 0.0556. The first-order valence-corrected chi connectivity index (χ1v) is 7.64. The number of hydrogen-bond donors (Lipinski definition) is 1. The van der Waals surface area contributed by atoms with Gasteiger partial charge in [0.2, 0.25) is 0 Å². The SMILES string of the molecule is NCc1cnc(-c2ccc(Cl)cc2)c(-c2ccccc2Cl)c1. The summed E-state index contributed by atoms with van der Waals surface area (Å²) in [4.78, 5) is 4.59. The lowest BCUT2D eigenvalue weighted by Gasteiger charge is -2.12. The number of rotatable bonds is 3. The molecule has 0 unspecified atom stereocenters. The van der Waals surface area contributed by atoms with Crippen LogP contribution in [0.3, 0.4) is 0 Å². The number of hydrogen-bond acceptors (Lipinski definition) is 2. The molecule has 0 bridgehead atoms. The lowest BCUT2D eigenvalue weighted by atomic mass is 9.98. The zero-order valence-corrected chi connectivity index (χ0v) is 13.3. The Labute approximate surface area is 139 Å². The molecule has 1 aromatic heterocycles. The van der Waals surface area contributed by atoms with Crippen molar-refractivity contribution in [3.05, 3.63) is 76.4 Å². The predicted molar refractivity (Wildman–Crippen MR) is 93.0 cm³/mol. The van der Waals surface area contributed by atoms with E-state index in [1.807, 2.05) is 54.6 Å². The second kappa shape index (κ2) is 6.49. The second-order valence-corrected chi connectivity index (χ2v) is 5.77. The first kappa shape index (κ1) is 15.0. The van der Waals surface area contributed by atoms with Crippen LogP contribution in [0.1, 0.15) is 5.56 Å². The Morgan fingerprint density at radius 2 is 1.64 bits per heavy atom. The average molecular weight is 329 g/mol. The van der Waals surface area contributed by atoms with Crippen LogP contribution in [0, 0.1) is 0 Å². The van der Waals surface area contributed by atoms with Gasteiger partial charge in [-0.05, 0) is 29.8 Å². The van der Waals surface area contributed by atoms with Crippen LogP contribution in [0.5, 0.6) is 0 Å². The van der Waals surface area contributed by atoms with Gasteiger partial charge in [-0.15, -0.1) is 0 Å². The van der Waals surface area contributed by atoms with Crippen molar-refractivity contribution in [2.45, 2.75) is 6.54 Å².